The lowest BCUT2D eigenvalue weighted by molar-refractivity contribution is 0.102. The normalized spacial score (nSPS) is 13.2. The molecule has 4 aromatic rings. The summed E-state index contributed by atoms with van der Waals surface area (Å²) in [5, 5.41) is 21.2. The smallest absolute Gasteiger partial charge is 0.342 e. The van der Waals surface area contributed by atoms with Gasteiger partial charge < -0.3 is 25.2 Å². The van der Waals surface area contributed by atoms with Gasteiger partial charge >= 0.3 is 6.03 Å². The molecule has 0 aliphatic heterocycles. The molecule has 2 amide bonds. The van der Waals surface area contributed by atoms with Gasteiger partial charge in [-0.1, -0.05) is 37.1 Å². The molecule has 0 atom stereocenters. The van der Waals surface area contributed by atoms with Gasteiger partial charge in [-0.25, -0.2) is 4.79 Å². The van der Waals surface area contributed by atoms with Crippen LogP contribution < -0.4 is 20.1 Å². The van der Waals surface area contributed by atoms with Gasteiger partial charge in [0.15, 0.2) is 0 Å². The molecule has 0 bridgehead atoms. The van der Waals surface area contributed by atoms with E-state index >= 15 is 0 Å². The highest BCUT2D eigenvalue weighted by Gasteiger charge is 2.26. The van der Waals surface area contributed by atoms with Gasteiger partial charge in [-0.15, -0.1) is 0 Å². The van der Waals surface area contributed by atoms with Crippen molar-refractivity contribution in [3.05, 3.63) is 89.6 Å². The number of aromatic hydroxyl groups is 1. The van der Waals surface area contributed by atoms with Crippen molar-refractivity contribution in [2.75, 3.05) is 19.5 Å². The van der Waals surface area contributed by atoms with Crippen LogP contribution in [0, 0.1) is 0 Å². The standard InChI is InChI=1S/C31H32N4O5/c1-39-23-14-11-20(12-15-23)19-32-31(38)35-27(21-7-3-4-8-21)18-26(34-35)24-16-13-22(17-28(24)36)33-30(37)25-9-5-6-10-29(25)40-2/h5-6,9-18,21,36H,3-4,7-8,19H2,1-2H3,(H,32,38)(H,33,37). The minimum Gasteiger partial charge on any atom is -0.507 e. The summed E-state index contributed by atoms with van der Waals surface area (Å²) in [6, 6.07) is 20.8. The first kappa shape index (κ1) is 26.8. The SMILES string of the molecule is COc1ccc(CNC(=O)n2nc(-c3ccc(NC(=O)c4ccccc4OC)cc3O)cc2C2CCCC2)cc1. The lowest BCUT2D eigenvalue weighted by atomic mass is 10.0. The Morgan fingerprint density at radius 3 is 2.42 bits per heavy atom. The lowest BCUT2D eigenvalue weighted by Gasteiger charge is -2.12. The molecule has 1 aliphatic carbocycles. The Kier molecular flexibility index (Phi) is 8.00. The van der Waals surface area contributed by atoms with Crippen molar-refractivity contribution in [2.24, 2.45) is 0 Å². The summed E-state index contributed by atoms with van der Waals surface area (Å²) >= 11 is 0. The zero-order valence-corrected chi connectivity index (χ0v) is 22.5. The Bertz CT molecular complexity index is 1510. The highest BCUT2D eigenvalue weighted by molar-refractivity contribution is 6.06. The van der Waals surface area contributed by atoms with Crippen molar-refractivity contribution in [2.45, 2.75) is 38.1 Å². The Labute approximate surface area is 232 Å². The Hall–Kier alpha value is -4.79. The number of phenolic OH excluding ortho intramolecular Hbond substituents is 1. The molecular formula is C31H32N4O5. The summed E-state index contributed by atoms with van der Waals surface area (Å²) in [5.41, 5.74) is 3.52. The van der Waals surface area contributed by atoms with Gasteiger partial charge in [-0.05, 0) is 60.9 Å². The molecular weight excluding hydrogens is 508 g/mol. The molecule has 9 heteroatoms. The van der Waals surface area contributed by atoms with Crippen LogP contribution in [0.2, 0.25) is 0 Å². The molecule has 0 radical (unpaired) electrons. The van der Waals surface area contributed by atoms with Crippen LogP contribution in [0.5, 0.6) is 17.2 Å². The van der Waals surface area contributed by atoms with E-state index in [1.165, 1.54) is 17.9 Å². The maximum atomic E-state index is 13.3. The number of rotatable bonds is 8. The molecule has 3 N–H and O–H groups in total. The average molecular weight is 541 g/mol. The molecule has 0 unspecified atom stereocenters. The first-order chi connectivity index (χ1) is 19.5. The van der Waals surface area contributed by atoms with Crippen LogP contribution in [0.1, 0.15) is 53.2 Å². The van der Waals surface area contributed by atoms with Crippen LogP contribution >= 0.6 is 0 Å². The number of carbonyl (C=O) groups is 2. The fourth-order valence-electron chi connectivity index (χ4n) is 5.05. The third kappa shape index (κ3) is 5.78. The molecule has 5 rings (SSSR count). The summed E-state index contributed by atoms with van der Waals surface area (Å²) in [5.74, 6) is 1.01. The molecule has 1 aromatic heterocycles. The van der Waals surface area contributed by atoms with E-state index in [2.05, 4.69) is 15.7 Å². The number of aromatic nitrogens is 2. The van der Waals surface area contributed by atoms with Crippen LogP contribution in [0.3, 0.4) is 0 Å². The van der Waals surface area contributed by atoms with E-state index in [9.17, 15) is 14.7 Å². The third-order valence-electron chi connectivity index (χ3n) is 7.19. The van der Waals surface area contributed by atoms with Gasteiger partial charge in [0, 0.05) is 29.8 Å². The third-order valence-corrected chi connectivity index (χ3v) is 7.19. The van der Waals surface area contributed by atoms with Crippen LogP contribution in [-0.4, -0.2) is 41.0 Å². The van der Waals surface area contributed by atoms with E-state index in [-0.39, 0.29) is 23.6 Å². The quantitative estimate of drug-likeness (QED) is 0.255. The number of nitrogens with zero attached hydrogens (tertiary/aromatic N) is 2. The molecule has 1 heterocycles. The molecule has 0 saturated heterocycles. The second kappa shape index (κ2) is 11.9. The van der Waals surface area contributed by atoms with Crippen molar-refractivity contribution in [1.29, 1.82) is 0 Å². The Morgan fingerprint density at radius 2 is 1.73 bits per heavy atom. The lowest BCUT2D eigenvalue weighted by Crippen LogP contribution is -2.30. The molecule has 1 saturated carbocycles. The number of hydrogen-bond acceptors (Lipinski definition) is 6. The second-order valence-electron chi connectivity index (χ2n) is 9.74. The molecule has 0 spiro atoms. The predicted molar refractivity (Wildman–Crippen MR) is 152 cm³/mol. The minimum absolute atomic E-state index is 0.0564. The van der Waals surface area contributed by atoms with Crippen LogP contribution in [0.25, 0.3) is 11.3 Å². The Morgan fingerprint density at radius 1 is 0.975 bits per heavy atom. The number of ether oxygens (including phenoxy) is 2. The fourth-order valence-corrected chi connectivity index (χ4v) is 5.05. The zero-order chi connectivity index (χ0) is 28.1. The van der Waals surface area contributed by atoms with Gasteiger partial charge in [0.05, 0.1) is 31.2 Å². The molecule has 1 aliphatic rings. The van der Waals surface area contributed by atoms with E-state index in [0.717, 1.165) is 42.7 Å². The largest absolute Gasteiger partial charge is 0.507 e. The van der Waals surface area contributed by atoms with Crippen LogP contribution in [0.15, 0.2) is 72.8 Å². The maximum Gasteiger partial charge on any atom is 0.342 e. The maximum absolute atomic E-state index is 13.3. The Balaban J connectivity index is 1.36. The number of phenols is 1. The summed E-state index contributed by atoms with van der Waals surface area (Å²) in [4.78, 5) is 26.0. The highest BCUT2D eigenvalue weighted by atomic mass is 16.5. The van der Waals surface area contributed by atoms with Crippen molar-refractivity contribution >= 4 is 17.6 Å². The van der Waals surface area contributed by atoms with Gasteiger partial charge in [-0.3, -0.25) is 4.79 Å². The van der Waals surface area contributed by atoms with E-state index in [0.29, 0.717) is 34.8 Å². The van der Waals surface area contributed by atoms with Crippen molar-refractivity contribution in [3.8, 4) is 28.5 Å². The van der Waals surface area contributed by atoms with Crippen LogP contribution in [0.4, 0.5) is 10.5 Å². The van der Waals surface area contributed by atoms with E-state index in [1.54, 1.807) is 43.5 Å². The van der Waals surface area contributed by atoms with Crippen LogP contribution in [-0.2, 0) is 6.54 Å². The first-order valence-electron chi connectivity index (χ1n) is 13.3. The van der Waals surface area contributed by atoms with Gasteiger partial charge in [0.1, 0.15) is 17.2 Å². The number of para-hydroxylation sites is 1. The highest BCUT2D eigenvalue weighted by Crippen LogP contribution is 2.38. The van der Waals surface area contributed by atoms with E-state index in [1.807, 2.05) is 30.3 Å². The van der Waals surface area contributed by atoms with Crippen molar-refractivity contribution < 1.29 is 24.2 Å². The minimum atomic E-state index is -0.356. The number of hydrogen-bond donors (Lipinski definition) is 3. The number of anilines is 1. The predicted octanol–water partition coefficient (Wildman–Crippen LogP) is 5.94. The zero-order valence-electron chi connectivity index (χ0n) is 22.5. The first-order valence-corrected chi connectivity index (χ1v) is 13.3. The van der Waals surface area contributed by atoms with Gasteiger partial charge in [0.25, 0.3) is 5.91 Å². The van der Waals surface area contributed by atoms with Crippen molar-refractivity contribution in [1.82, 2.24) is 15.1 Å². The number of amides is 2. The molecule has 9 nitrogen and oxygen atoms in total. The number of benzene rings is 3. The molecule has 40 heavy (non-hydrogen) atoms. The number of methoxy groups -OCH3 is 2. The number of nitrogens with one attached hydrogen (secondary N) is 2. The average Bonchev–Trinajstić information content (AvgIpc) is 3.67. The van der Waals surface area contributed by atoms with Crippen molar-refractivity contribution in [3.63, 3.8) is 0 Å². The number of carbonyl (C=O) groups excluding carboxylic acids is 2. The fraction of sp³-hybridized carbons (Fsp3) is 0.258. The summed E-state index contributed by atoms with van der Waals surface area (Å²) in [6.45, 7) is 0.341. The summed E-state index contributed by atoms with van der Waals surface area (Å²) in [6.07, 6.45) is 4.17. The van der Waals surface area contributed by atoms with Gasteiger partial charge in [-0.2, -0.15) is 9.78 Å². The van der Waals surface area contributed by atoms with E-state index < -0.39 is 0 Å². The monoisotopic (exact) mass is 540 g/mol. The van der Waals surface area contributed by atoms with E-state index in [4.69, 9.17) is 9.47 Å². The summed E-state index contributed by atoms with van der Waals surface area (Å²) < 4.78 is 11.9. The van der Waals surface area contributed by atoms with Gasteiger partial charge in [0.2, 0.25) is 0 Å². The summed E-state index contributed by atoms with van der Waals surface area (Å²) in [7, 11) is 3.12. The topological polar surface area (TPSA) is 115 Å². The molecule has 206 valence electrons. The molecule has 3 aromatic carbocycles. The second-order valence-corrected chi connectivity index (χ2v) is 9.74. The molecule has 1 fully saturated rings.